The maximum absolute atomic E-state index is 12.5. The highest BCUT2D eigenvalue weighted by Crippen LogP contribution is 2.46. The van der Waals surface area contributed by atoms with Gasteiger partial charge >= 0.3 is 12.1 Å². The van der Waals surface area contributed by atoms with E-state index in [1.165, 1.54) is 0 Å². The van der Waals surface area contributed by atoms with Crippen LogP contribution in [-0.2, 0) is 14.3 Å². The fourth-order valence-electron chi connectivity index (χ4n) is 3.72. The lowest BCUT2D eigenvalue weighted by Crippen LogP contribution is -2.62. The predicted octanol–water partition coefficient (Wildman–Crippen LogP) is 2.61. The van der Waals surface area contributed by atoms with Crippen molar-refractivity contribution in [3.8, 4) is 5.75 Å². The van der Waals surface area contributed by atoms with Gasteiger partial charge in [0.05, 0.1) is 10.9 Å². The van der Waals surface area contributed by atoms with Crippen LogP contribution in [0.3, 0.4) is 0 Å². The van der Waals surface area contributed by atoms with Crippen LogP contribution >= 0.6 is 11.8 Å². The molecule has 3 saturated heterocycles. The molecule has 1 aromatic rings. The van der Waals surface area contributed by atoms with Crippen molar-refractivity contribution >= 4 is 23.6 Å². The van der Waals surface area contributed by atoms with E-state index in [4.69, 9.17) is 19.4 Å². The zero-order valence-corrected chi connectivity index (χ0v) is 17.0. The van der Waals surface area contributed by atoms with E-state index in [-0.39, 0.29) is 16.8 Å². The van der Waals surface area contributed by atoms with Crippen LogP contribution in [0.5, 0.6) is 5.75 Å². The number of aliphatic carboxylic acids is 1. The molecule has 1 N–H and O–H groups in total. The van der Waals surface area contributed by atoms with E-state index in [0.717, 1.165) is 57.1 Å². The highest BCUT2D eigenvalue weighted by atomic mass is 32.2. The van der Waals surface area contributed by atoms with Crippen molar-refractivity contribution in [3.63, 3.8) is 0 Å². The van der Waals surface area contributed by atoms with E-state index in [9.17, 15) is 18.0 Å². The molecule has 3 fully saturated rings. The Morgan fingerprint density at radius 2 is 1.97 bits per heavy atom. The first-order chi connectivity index (χ1) is 14.2. The summed E-state index contributed by atoms with van der Waals surface area (Å²) in [5, 5.41) is 7.12. The third-order valence-electron chi connectivity index (χ3n) is 5.19. The standard InChI is InChI=1S/C17H22N2O3S.C2HF3O2/c20-16(13-3-6-21-7-4-13)19-11-17(12-19)8-15(10-23-17)22-14-2-1-5-18-9-14;3-2(4,5)1(6)7/h1-2,5,9,13,15H,3-4,6-8,10-12H2;(H,6,7). The molecule has 1 atom stereocenters. The maximum atomic E-state index is 12.5. The molecule has 30 heavy (non-hydrogen) atoms. The van der Waals surface area contributed by atoms with Gasteiger partial charge in [0, 0.05) is 50.6 Å². The highest BCUT2D eigenvalue weighted by molar-refractivity contribution is 8.01. The lowest BCUT2D eigenvalue weighted by Gasteiger charge is -2.48. The van der Waals surface area contributed by atoms with E-state index >= 15 is 0 Å². The molecule has 0 aliphatic carbocycles. The van der Waals surface area contributed by atoms with Gasteiger partial charge in [-0.3, -0.25) is 9.78 Å². The van der Waals surface area contributed by atoms with Gasteiger partial charge in [-0.2, -0.15) is 13.2 Å². The number of carbonyl (C=O) groups excluding carboxylic acids is 1. The molecule has 166 valence electrons. The molecular formula is C19H23F3N2O5S. The van der Waals surface area contributed by atoms with Gasteiger partial charge < -0.3 is 19.5 Å². The van der Waals surface area contributed by atoms with E-state index < -0.39 is 12.1 Å². The molecule has 0 radical (unpaired) electrons. The normalized spacial score (nSPS) is 23.3. The zero-order valence-electron chi connectivity index (χ0n) is 16.1. The molecule has 3 aliphatic rings. The minimum absolute atomic E-state index is 0.176. The summed E-state index contributed by atoms with van der Waals surface area (Å²) in [5.74, 6) is -0.419. The summed E-state index contributed by atoms with van der Waals surface area (Å²) in [6.07, 6.45) is 1.43. The molecule has 4 heterocycles. The number of aromatic nitrogens is 1. The minimum atomic E-state index is -5.08. The first-order valence-electron chi connectivity index (χ1n) is 9.56. The summed E-state index contributed by atoms with van der Waals surface area (Å²) in [6, 6.07) is 3.84. The number of carboxylic acid groups (broad SMARTS) is 1. The van der Waals surface area contributed by atoms with Crippen LogP contribution in [0.15, 0.2) is 24.5 Å². The summed E-state index contributed by atoms with van der Waals surface area (Å²) in [4.78, 5) is 27.5. The van der Waals surface area contributed by atoms with Gasteiger partial charge in [0.25, 0.3) is 0 Å². The number of halogens is 3. The fraction of sp³-hybridized carbons (Fsp3) is 0.632. The number of carboxylic acids is 1. The summed E-state index contributed by atoms with van der Waals surface area (Å²) in [6.45, 7) is 3.21. The Hall–Kier alpha value is -2.01. The molecule has 3 aliphatic heterocycles. The average molecular weight is 448 g/mol. The summed E-state index contributed by atoms with van der Waals surface area (Å²) < 4.78 is 43.3. The number of hydrogen-bond donors (Lipinski definition) is 1. The highest BCUT2D eigenvalue weighted by Gasteiger charge is 2.52. The second-order valence-electron chi connectivity index (χ2n) is 7.51. The molecule has 7 nitrogen and oxygen atoms in total. The first-order valence-corrected chi connectivity index (χ1v) is 10.5. The lowest BCUT2D eigenvalue weighted by molar-refractivity contribution is -0.192. The number of nitrogens with zero attached hydrogens (tertiary/aromatic N) is 2. The van der Waals surface area contributed by atoms with E-state index in [1.54, 1.807) is 12.4 Å². The van der Waals surface area contributed by atoms with E-state index in [0.29, 0.717) is 5.91 Å². The van der Waals surface area contributed by atoms with Gasteiger partial charge in [-0.15, -0.1) is 11.8 Å². The monoisotopic (exact) mass is 448 g/mol. The molecule has 4 rings (SSSR count). The Bertz CT molecular complexity index is 737. The van der Waals surface area contributed by atoms with Crippen LogP contribution in [0, 0.1) is 5.92 Å². The molecule has 0 saturated carbocycles. The smallest absolute Gasteiger partial charge is 0.488 e. The van der Waals surface area contributed by atoms with Gasteiger partial charge in [-0.25, -0.2) is 4.79 Å². The second-order valence-corrected chi connectivity index (χ2v) is 9.00. The number of hydrogen-bond acceptors (Lipinski definition) is 6. The van der Waals surface area contributed by atoms with E-state index in [2.05, 4.69) is 4.98 Å². The molecule has 11 heteroatoms. The number of ether oxygens (including phenoxy) is 2. The van der Waals surface area contributed by atoms with Crippen molar-refractivity contribution in [3.05, 3.63) is 24.5 Å². The number of thioether (sulfide) groups is 1. The van der Waals surface area contributed by atoms with Crippen LogP contribution in [0.1, 0.15) is 19.3 Å². The number of amides is 1. The first kappa shape index (κ1) is 22.7. The number of carbonyl (C=O) groups is 2. The van der Waals surface area contributed by atoms with Crippen LogP contribution in [-0.4, -0.2) is 76.0 Å². The summed E-state index contributed by atoms with van der Waals surface area (Å²) >= 11 is 1.96. The van der Waals surface area contributed by atoms with Gasteiger partial charge in [0.2, 0.25) is 5.91 Å². The maximum Gasteiger partial charge on any atom is 0.490 e. The van der Waals surface area contributed by atoms with Gasteiger partial charge in [-0.1, -0.05) is 0 Å². The van der Waals surface area contributed by atoms with Crippen LogP contribution < -0.4 is 4.74 Å². The SMILES string of the molecule is O=C(C1CCOCC1)N1CC2(CC(Oc3cccnc3)CS2)C1.O=C(O)C(F)(F)F. The summed E-state index contributed by atoms with van der Waals surface area (Å²) in [5.41, 5.74) is 0. The third-order valence-corrected chi connectivity index (χ3v) is 6.77. The molecule has 1 aromatic heterocycles. The molecule has 0 bridgehead atoms. The fourth-order valence-corrected chi connectivity index (χ4v) is 5.24. The average Bonchev–Trinajstić information content (AvgIpc) is 3.12. The van der Waals surface area contributed by atoms with Crippen LogP contribution in [0.25, 0.3) is 0 Å². The molecule has 1 amide bonds. The van der Waals surface area contributed by atoms with Gasteiger partial charge in [0.1, 0.15) is 11.9 Å². The molecule has 1 spiro atoms. The Balaban J connectivity index is 0.000000318. The predicted molar refractivity (Wildman–Crippen MR) is 102 cm³/mol. The van der Waals surface area contributed by atoms with Gasteiger partial charge in [0.15, 0.2) is 0 Å². The van der Waals surface area contributed by atoms with Crippen molar-refractivity contribution in [2.75, 3.05) is 32.1 Å². The number of pyridine rings is 1. The minimum Gasteiger partial charge on any atom is -0.488 e. The molecule has 0 aromatic carbocycles. The Kier molecular flexibility index (Phi) is 7.12. The topological polar surface area (TPSA) is 89.0 Å². The van der Waals surface area contributed by atoms with Gasteiger partial charge in [-0.05, 0) is 25.0 Å². The third kappa shape index (κ3) is 5.78. The van der Waals surface area contributed by atoms with Crippen molar-refractivity contribution in [1.29, 1.82) is 0 Å². The number of rotatable bonds is 3. The van der Waals surface area contributed by atoms with Crippen LogP contribution in [0.2, 0.25) is 0 Å². The summed E-state index contributed by atoms with van der Waals surface area (Å²) in [7, 11) is 0. The Morgan fingerprint density at radius 3 is 2.53 bits per heavy atom. The van der Waals surface area contributed by atoms with Crippen molar-refractivity contribution < 1.29 is 37.3 Å². The largest absolute Gasteiger partial charge is 0.490 e. The quantitative estimate of drug-likeness (QED) is 0.760. The number of alkyl halides is 3. The lowest BCUT2D eigenvalue weighted by atomic mass is 9.89. The zero-order chi connectivity index (χ0) is 21.8. The Morgan fingerprint density at radius 1 is 1.30 bits per heavy atom. The molecule has 1 unspecified atom stereocenters. The Labute approximate surface area is 175 Å². The molecular weight excluding hydrogens is 425 g/mol. The second kappa shape index (κ2) is 9.42. The van der Waals surface area contributed by atoms with Crippen molar-refractivity contribution in [1.82, 2.24) is 9.88 Å². The van der Waals surface area contributed by atoms with E-state index in [1.807, 2.05) is 28.8 Å². The van der Waals surface area contributed by atoms with Crippen molar-refractivity contribution in [2.24, 2.45) is 5.92 Å². The van der Waals surface area contributed by atoms with Crippen LogP contribution in [0.4, 0.5) is 13.2 Å². The van der Waals surface area contributed by atoms with Crippen molar-refractivity contribution in [2.45, 2.75) is 36.3 Å². The number of likely N-dealkylation sites (tertiary alicyclic amines) is 1.